The maximum absolute atomic E-state index is 12.2. The highest BCUT2D eigenvalue weighted by Crippen LogP contribution is 2.16. The number of carbonyl (C=O) groups is 3. The first-order valence-corrected chi connectivity index (χ1v) is 11.1. The number of aryl methyl sites for hydroxylation is 3. The van der Waals surface area contributed by atoms with Crippen molar-refractivity contribution in [1.82, 2.24) is 10.7 Å². The van der Waals surface area contributed by atoms with E-state index in [1.165, 1.54) is 6.21 Å². The van der Waals surface area contributed by atoms with Gasteiger partial charge in [-0.3, -0.25) is 14.4 Å². The largest absolute Gasteiger partial charge is 0.484 e. The molecule has 3 N–H and O–H groups in total. The highest BCUT2D eigenvalue weighted by atomic mass is 16.5. The van der Waals surface area contributed by atoms with Gasteiger partial charge in [0.2, 0.25) is 0 Å². The smallest absolute Gasteiger partial charge is 0.329 e. The summed E-state index contributed by atoms with van der Waals surface area (Å²) in [7, 11) is 0. The number of hydrazone groups is 1. The quantitative estimate of drug-likeness (QED) is 0.265. The van der Waals surface area contributed by atoms with Gasteiger partial charge in [0.15, 0.2) is 6.61 Å². The number of anilines is 1. The number of rotatable bonds is 8. The van der Waals surface area contributed by atoms with E-state index in [4.69, 9.17) is 4.74 Å². The van der Waals surface area contributed by atoms with Crippen molar-refractivity contribution in [3.05, 3.63) is 94.5 Å². The van der Waals surface area contributed by atoms with Gasteiger partial charge in [-0.15, -0.1) is 0 Å². The second-order valence-electron chi connectivity index (χ2n) is 8.09. The minimum Gasteiger partial charge on any atom is -0.484 e. The summed E-state index contributed by atoms with van der Waals surface area (Å²) in [5.41, 5.74) is 7.68. The van der Waals surface area contributed by atoms with Crippen LogP contribution in [0.25, 0.3) is 0 Å². The lowest BCUT2D eigenvalue weighted by molar-refractivity contribution is -0.139. The Morgan fingerprint density at radius 3 is 2.26 bits per heavy atom. The number of amides is 3. The third-order valence-corrected chi connectivity index (χ3v) is 5.08. The molecule has 0 fully saturated rings. The standard InChI is InChI=1S/C27H28N4O4/c1-18-5-8-21(9-6-18)15-28-26(33)27(34)31-29-16-22-10-12-23(13-11-22)35-17-25(32)30-24-14-19(2)4-7-20(24)3/h4-14,16H,15,17H2,1-3H3,(H,28,33)(H,30,32)(H,31,34)/b29-16-. The number of benzene rings is 3. The lowest BCUT2D eigenvalue weighted by Gasteiger charge is -2.10. The van der Waals surface area contributed by atoms with Crippen LogP contribution in [0, 0.1) is 20.8 Å². The molecule has 3 rings (SSSR count). The summed E-state index contributed by atoms with van der Waals surface area (Å²) in [6.07, 6.45) is 1.40. The summed E-state index contributed by atoms with van der Waals surface area (Å²) in [6.45, 7) is 5.98. The minimum absolute atomic E-state index is 0.130. The van der Waals surface area contributed by atoms with Gasteiger partial charge < -0.3 is 15.4 Å². The van der Waals surface area contributed by atoms with Crippen LogP contribution in [-0.2, 0) is 20.9 Å². The zero-order valence-corrected chi connectivity index (χ0v) is 19.9. The molecule has 0 spiro atoms. The maximum Gasteiger partial charge on any atom is 0.329 e. The first kappa shape index (κ1) is 25.2. The first-order valence-electron chi connectivity index (χ1n) is 11.1. The summed E-state index contributed by atoms with van der Waals surface area (Å²) < 4.78 is 5.53. The Kier molecular flexibility index (Phi) is 8.72. The Balaban J connectivity index is 1.41. The van der Waals surface area contributed by atoms with Gasteiger partial charge in [0.25, 0.3) is 5.91 Å². The molecule has 0 saturated carbocycles. The van der Waals surface area contributed by atoms with Crippen molar-refractivity contribution in [2.24, 2.45) is 5.10 Å². The number of nitrogens with one attached hydrogen (secondary N) is 3. The molecule has 3 aromatic rings. The van der Waals surface area contributed by atoms with Crippen molar-refractivity contribution in [1.29, 1.82) is 0 Å². The Morgan fingerprint density at radius 1 is 0.857 bits per heavy atom. The van der Waals surface area contributed by atoms with Gasteiger partial charge in [-0.05, 0) is 73.4 Å². The van der Waals surface area contributed by atoms with Crippen molar-refractivity contribution in [2.75, 3.05) is 11.9 Å². The van der Waals surface area contributed by atoms with Crippen LogP contribution in [0.15, 0.2) is 71.8 Å². The van der Waals surface area contributed by atoms with Crippen LogP contribution < -0.4 is 20.8 Å². The van der Waals surface area contributed by atoms with E-state index in [2.05, 4.69) is 21.2 Å². The molecule has 0 atom stereocenters. The zero-order valence-electron chi connectivity index (χ0n) is 19.9. The average Bonchev–Trinajstić information content (AvgIpc) is 2.85. The first-order chi connectivity index (χ1) is 16.8. The van der Waals surface area contributed by atoms with Gasteiger partial charge in [0, 0.05) is 12.2 Å². The molecule has 3 aromatic carbocycles. The van der Waals surface area contributed by atoms with E-state index in [0.29, 0.717) is 11.3 Å². The van der Waals surface area contributed by atoms with Crippen LogP contribution in [0.5, 0.6) is 5.75 Å². The van der Waals surface area contributed by atoms with Gasteiger partial charge in [-0.25, -0.2) is 5.43 Å². The second-order valence-corrected chi connectivity index (χ2v) is 8.09. The van der Waals surface area contributed by atoms with Crippen LogP contribution in [0.3, 0.4) is 0 Å². The fourth-order valence-corrected chi connectivity index (χ4v) is 3.04. The molecule has 8 heteroatoms. The number of carbonyl (C=O) groups excluding carboxylic acids is 3. The van der Waals surface area contributed by atoms with Crippen LogP contribution in [0.4, 0.5) is 5.69 Å². The van der Waals surface area contributed by atoms with Gasteiger partial charge in [0.05, 0.1) is 6.21 Å². The van der Waals surface area contributed by atoms with Gasteiger partial charge >= 0.3 is 11.8 Å². The lowest BCUT2D eigenvalue weighted by Crippen LogP contribution is -2.37. The van der Waals surface area contributed by atoms with Crippen molar-refractivity contribution in [3.63, 3.8) is 0 Å². The number of nitrogens with zero attached hydrogens (tertiary/aromatic N) is 1. The van der Waals surface area contributed by atoms with E-state index < -0.39 is 11.8 Å². The molecular weight excluding hydrogens is 444 g/mol. The monoisotopic (exact) mass is 472 g/mol. The molecule has 0 aliphatic heterocycles. The molecule has 0 unspecified atom stereocenters. The fraction of sp³-hybridized carbons (Fsp3) is 0.185. The molecule has 0 aliphatic carbocycles. The second kappa shape index (κ2) is 12.1. The molecule has 0 heterocycles. The van der Waals surface area contributed by atoms with Gasteiger partial charge in [-0.1, -0.05) is 42.0 Å². The molecule has 0 bridgehead atoms. The predicted molar refractivity (Wildman–Crippen MR) is 135 cm³/mol. The summed E-state index contributed by atoms with van der Waals surface area (Å²) >= 11 is 0. The van der Waals surface area contributed by atoms with Crippen LogP contribution in [-0.4, -0.2) is 30.5 Å². The van der Waals surface area contributed by atoms with E-state index in [9.17, 15) is 14.4 Å². The molecule has 0 aliphatic rings. The normalized spacial score (nSPS) is 10.6. The zero-order chi connectivity index (χ0) is 25.2. The molecule has 0 radical (unpaired) electrons. The molecule has 3 amide bonds. The third-order valence-electron chi connectivity index (χ3n) is 5.08. The van der Waals surface area contributed by atoms with Crippen molar-refractivity contribution in [2.45, 2.75) is 27.3 Å². The summed E-state index contributed by atoms with van der Waals surface area (Å²) in [6, 6.07) is 20.3. The summed E-state index contributed by atoms with van der Waals surface area (Å²) in [5, 5.41) is 9.19. The highest BCUT2D eigenvalue weighted by Gasteiger charge is 2.12. The molecule has 180 valence electrons. The fourth-order valence-electron chi connectivity index (χ4n) is 3.04. The van der Waals surface area contributed by atoms with Crippen molar-refractivity contribution in [3.8, 4) is 5.75 Å². The van der Waals surface area contributed by atoms with Gasteiger partial charge in [0.1, 0.15) is 5.75 Å². The molecule has 0 aromatic heterocycles. The SMILES string of the molecule is Cc1ccc(CNC(=O)C(=O)N/N=C\c2ccc(OCC(=O)Nc3cc(C)ccc3C)cc2)cc1. The third kappa shape index (κ3) is 8.12. The van der Waals surface area contributed by atoms with Crippen LogP contribution in [0.2, 0.25) is 0 Å². The van der Waals surface area contributed by atoms with Crippen molar-refractivity contribution < 1.29 is 19.1 Å². The van der Waals surface area contributed by atoms with E-state index in [-0.39, 0.29) is 19.1 Å². The molecule has 35 heavy (non-hydrogen) atoms. The van der Waals surface area contributed by atoms with Crippen molar-refractivity contribution >= 4 is 29.6 Å². The number of hydrogen-bond acceptors (Lipinski definition) is 5. The van der Waals surface area contributed by atoms with E-state index in [0.717, 1.165) is 27.9 Å². The van der Waals surface area contributed by atoms with E-state index in [1.54, 1.807) is 24.3 Å². The van der Waals surface area contributed by atoms with Crippen LogP contribution in [0.1, 0.15) is 27.8 Å². The number of hydrogen-bond donors (Lipinski definition) is 3. The highest BCUT2D eigenvalue weighted by molar-refractivity contribution is 6.35. The topological polar surface area (TPSA) is 109 Å². The van der Waals surface area contributed by atoms with E-state index in [1.807, 2.05) is 63.2 Å². The minimum atomic E-state index is -0.858. The Bertz CT molecular complexity index is 1220. The summed E-state index contributed by atoms with van der Waals surface area (Å²) in [5.74, 6) is -1.38. The summed E-state index contributed by atoms with van der Waals surface area (Å²) in [4.78, 5) is 36.0. The van der Waals surface area contributed by atoms with E-state index >= 15 is 0 Å². The number of ether oxygens (including phenoxy) is 1. The Hall–Kier alpha value is -4.46. The lowest BCUT2D eigenvalue weighted by atomic mass is 10.1. The average molecular weight is 473 g/mol. The Labute approximate surface area is 204 Å². The molecule has 8 nitrogen and oxygen atoms in total. The molecular formula is C27H28N4O4. The van der Waals surface area contributed by atoms with Crippen LogP contribution >= 0.6 is 0 Å². The molecule has 0 saturated heterocycles. The van der Waals surface area contributed by atoms with Gasteiger partial charge in [-0.2, -0.15) is 5.10 Å². The maximum atomic E-state index is 12.2. The Morgan fingerprint density at radius 2 is 1.54 bits per heavy atom. The predicted octanol–water partition coefficient (Wildman–Crippen LogP) is 3.40.